The summed E-state index contributed by atoms with van der Waals surface area (Å²) in [5.74, 6) is 0. The lowest BCUT2D eigenvalue weighted by Gasteiger charge is -2.08. The highest BCUT2D eigenvalue weighted by Gasteiger charge is 2.09. The molecule has 1 heterocycles. The van der Waals surface area contributed by atoms with Gasteiger partial charge in [0.15, 0.2) is 0 Å². The van der Waals surface area contributed by atoms with Crippen LogP contribution in [-0.2, 0) is 0 Å². The predicted molar refractivity (Wildman–Crippen MR) is 51.1 cm³/mol. The van der Waals surface area contributed by atoms with Gasteiger partial charge >= 0.3 is 0 Å². The summed E-state index contributed by atoms with van der Waals surface area (Å²) in [5.41, 5.74) is 2.68. The molecule has 0 bridgehead atoms. The van der Waals surface area contributed by atoms with E-state index in [2.05, 4.69) is 48.7 Å². The molecule has 62 valence electrons. The highest BCUT2D eigenvalue weighted by molar-refractivity contribution is 5.28. The van der Waals surface area contributed by atoms with E-state index in [1.165, 1.54) is 11.1 Å². The van der Waals surface area contributed by atoms with Crippen molar-refractivity contribution in [1.82, 2.24) is 5.32 Å². The van der Waals surface area contributed by atoms with E-state index in [1.54, 1.807) is 0 Å². The van der Waals surface area contributed by atoms with Crippen LogP contribution in [0, 0.1) is 6.92 Å². The van der Waals surface area contributed by atoms with Gasteiger partial charge in [-0.15, -0.1) is 0 Å². The summed E-state index contributed by atoms with van der Waals surface area (Å²) in [7, 11) is 0. The van der Waals surface area contributed by atoms with Crippen molar-refractivity contribution in [2.45, 2.75) is 13.0 Å². The van der Waals surface area contributed by atoms with E-state index >= 15 is 0 Å². The van der Waals surface area contributed by atoms with E-state index in [9.17, 15) is 0 Å². The lowest BCUT2D eigenvalue weighted by Crippen LogP contribution is -2.13. The van der Waals surface area contributed by atoms with Crippen LogP contribution in [-0.4, -0.2) is 6.54 Å². The zero-order chi connectivity index (χ0) is 8.39. The predicted octanol–water partition coefficient (Wildman–Crippen LogP) is 2.20. The summed E-state index contributed by atoms with van der Waals surface area (Å²) < 4.78 is 0. The van der Waals surface area contributed by atoms with Crippen molar-refractivity contribution in [2.24, 2.45) is 0 Å². The maximum atomic E-state index is 3.38. The molecule has 1 N–H and O–H groups in total. The Hall–Kier alpha value is -1.08. The first kappa shape index (κ1) is 7.56. The lowest BCUT2D eigenvalue weighted by atomic mass is 10.1. The van der Waals surface area contributed by atoms with Crippen LogP contribution in [0.4, 0.5) is 0 Å². The minimum absolute atomic E-state index is 0.436. The quantitative estimate of drug-likeness (QED) is 0.619. The molecule has 0 aliphatic carbocycles. The Labute approximate surface area is 73.1 Å². The van der Waals surface area contributed by atoms with Gasteiger partial charge in [0.1, 0.15) is 0 Å². The molecule has 1 atom stereocenters. The summed E-state index contributed by atoms with van der Waals surface area (Å²) in [4.78, 5) is 0. The topological polar surface area (TPSA) is 12.0 Å². The van der Waals surface area contributed by atoms with E-state index < -0.39 is 0 Å². The molecule has 0 fully saturated rings. The second kappa shape index (κ2) is 3.11. The molecular formula is C11H13N. The van der Waals surface area contributed by atoms with Crippen molar-refractivity contribution in [3.63, 3.8) is 0 Å². The normalized spacial score (nSPS) is 21.6. The van der Waals surface area contributed by atoms with Crippen LogP contribution in [0.25, 0.3) is 0 Å². The Morgan fingerprint density at radius 1 is 1.25 bits per heavy atom. The molecular weight excluding hydrogens is 146 g/mol. The Kier molecular flexibility index (Phi) is 1.96. The molecule has 1 aromatic rings. The first-order valence-electron chi connectivity index (χ1n) is 4.33. The van der Waals surface area contributed by atoms with Gasteiger partial charge in [0.2, 0.25) is 0 Å². The van der Waals surface area contributed by atoms with E-state index in [4.69, 9.17) is 0 Å². The molecule has 1 heteroatoms. The van der Waals surface area contributed by atoms with Crippen LogP contribution in [0.1, 0.15) is 17.2 Å². The fourth-order valence-corrected chi connectivity index (χ4v) is 1.47. The number of nitrogens with one attached hydrogen (secondary N) is 1. The van der Waals surface area contributed by atoms with Crippen molar-refractivity contribution in [1.29, 1.82) is 0 Å². The zero-order valence-corrected chi connectivity index (χ0v) is 7.25. The van der Waals surface area contributed by atoms with Gasteiger partial charge in [-0.05, 0) is 12.5 Å². The molecule has 0 aromatic heterocycles. The smallest absolute Gasteiger partial charge is 0.0509 e. The zero-order valence-electron chi connectivity index (χ0n) is 7.25. The maximum absolute atomic E-state index is 3.38. The van der Waals surface area contributed by atoms with Gasteiger partial charge in [-0.2, -0.15) is 0 Å². The summed E-state index contributed by atoms with van der Waals surface area (Å²) in [6, 6.07) is 9.11. The number of rotatable bonds is 1. The first-order chi connectivity index (χ1) is 5.86. The third-order valence-corrected chi connectivity index (χ3v) is 2.22. The maximum Gasteiger partial charge on any atom is 0.0509 e. The monoisotopic (exact) mass is 159 g/mol. The molecule has 0 spiro atoms. The standard InChI is InChI=1S/C11H13N/c1-9-4-6-10(7-5-9)11-3-2-8-12-11/h2-7,11-12H,8H2,1H3. The van der Waals surface area contributed by atoms with E-state index in [0.29, 0.717) is 6.04 Å². The molecule has 12 heavy (non-hydrogen) atoms. The Balaban J connectivity index is 2.23. The van der Waals surface area contributed by atoms with E-state index in [1.807, 2.05) is 0 Å². The lowest BCUT2D eigenvalue weighted by molar-refractivity contribution is 0.713. The molecule has 1 aliphatic heterocycles. The minimum atomic E-state index is 0.436. The van der Waals surface area contributed by atoms with Gasteiger partial charge in [-0.3, -0.25) is 0 Å². The fourth-order valence-electron chi connectivity index (χ4n) is 1.47. The van der Waals surface area contributed by atoms with Crippen LogP contribution in [0.5, 0.6) is 0 Å². The van der Waals surface area contributed by atoms with Crippen LogP contribution in [0.15, 0.2) is 36.4 Å². The van der Waals surface area contributed by atoms with Gasteiger partial charge in [0, 0.05) is 6.54 Å². The van der Waals surface area contributed by atoms with Gasteiger partial charge in [-0.25, -0.2) is 0 Å². The number of hydrogen-bond donors (Lipinski definition) is 1. The van der Waals surface area contributed by atoms with Crippen LogP contribution >= 0.6 is 0 Å². The molecule has 0 saturated carbocycles. The van der Waals surface area contributed by atoms with Crippen LogP contribution in [0.2, 0.25) is 0 Å². The van der Waals surface area contributed by atoms with Gasteiger partial charge in [0.05, 0.1) is 6.04 Å². The minimum Gasteiger partial charge on any atom is -0.303 e. The molecule has 0 amide bonds. The molecule has 1 aromatic carbocycles. The summed E-state index contributed by atoms with van der Waals surface area (Å²) in [5, 5.41) is 3.38. The number of aryl methyl sites for hydroxylation is 1. The molecule has 0 radical (unpaired) electrons. The third kappa shape index (κ3) is 1.41. The Bertz CT molecular complexity index is 284. The van der Waals surface area contributed by atoms with Gasteiger partial charge in [-0.1, -0.05) is 42.0 Å². The van der Waals surface area contributed by atoms with Gasteiger partial charge < -0.3 is 5.32 Å². The van der Waals surface area contributed by atoms with Crippen molar-refractivity contribution in [2.75, 3.05) is 6.54 Å². The highest BCUT2D eigenvalue weighted by Crippen LogP contribution is 2.17. The van der Waals surface area contributed by atoms with Crippen molar-refractivity contribution >= 4 is 0 Å². The largest absolute Gasteiger partial charge is 0.303 e. The SMILES string of the molecule is Cc1ccc(C2C=CCN2)cc1. The van der Waals surface area contributed by atoms with Gasteiger partial charge in [0.25, 0.3) is 0 Å². The average Bonchev–Trinajstić information content (AvgIpc) is 2.58. The van der Waals surface area contributed by atoms with E-state index in [-0.39, 0.29) is 0 Å². The summed E-state index contributed by atoms with van der Waals surface area (Å²) in [6.07, 6.45) is 4.38. The highest BCUT2D eigenvalue weighted by atomic mass is 14.9. The van der Waals surface area contributed by atoms with Crippen LogP contribution in [0.3, 0.4) is 0 Å². The second-order valence-electron chi connectivity index (χ2n) is 3.22. The molecule has 1 unspecified atom stereocenters. The average molecular weight is 159 g/mol. The number of benzene rings is 1. The summed E-state index contributed by atoms with van der Waals surface area (Å²) in [6.45, 7) is 3.11. The van der Waals surface area contributed by atoms with Crippen LogP contribution < -0.4 is 5.32 Å². The first-order valence-corrected chi connectivity index (χ1v) is 4.33. The molecule has 1 nitrogen and oxygen atoms in total. The second-order valence-corrected chi connectivity index (χ2v) is 3.22. The molecule has 1 aliphatic rings. The summed E-state index contributed by atoms with van der Waals surface area (Å²) >= 11 is 0. The molecule has 2 rings (SSSR count). The molecule has 0 saturated heterocycles. The van der Waals surface area contributed by atoms with E-state index in [0.717, 1.165) is 6.54 Å². The number of hydrogen-bond acceptors (Lipinski definition) is 1. The van der Waals surface area contributed by atoms with Crippen molar-refractivity contribution < 1.29 is 0 Å². The third-order valence-electron chi connectivity index (χ3n) is 2.22. The Morgan fingerprint density at radius 2 is 2.00 bits per heavy atom. The fraction of sp³-hybridized carbons (Fsp3) is 0.273. The van der Waals surface area contributed by atoms with Crippen molar-refractivity contribution in [3.05, 3.63) is 47.5 Å². The van der Waals surface area contributed by atoms with Crippen molar-refractivity contribution in [3.8, 4) is 0 Å². The Morgan fingerprint density at radius 3 is 2.58 bits per heavy atom.